The Kier molecular flexibility index (Phi) is 5.76. The van der Waals surface area contributed by atoms with Crippen molar-refractivity contribution in [1.29, 1.82) is 5.26 Å². The van der Waals surface area contributed by atoms with Crippen molar-refractivity contribution in [3.8, 4) is 6.07 Å². The lowest BCUT2D eigenvalue weighted by Crippen LogP contribution is -2.45. The van der Waals surface area contributed by atoms with Crippen molar-refractivity contribution in [3.63, 3.8) is 0 Å². The number of rotatable bonds is 4. The SMILES string of the molecule is N#Cc1ccc(C(=O)N[C@H](C(=O)N2CCCc3ccccc32)c2ccccc2)c(F)c1. The summed E-state index contributed by atoms with van der Waals surface area (Å²) in [5, 5.41) is 11.6. The molecule has 0 saturated heterocycles. The third-order valence-corrected chi connectivity index (χ3v) is 5.37. The number of nitriles is 1. The normalized spacial score (nSPS) is 13.6. The highest BCUT2D eigenvalue weighted by Crippen LogP contribution is 2.29. The summed E-state index contributed by atoms with van der Waals surface area (Å²) < 4.78 is 14.4. The summed E-state index contributed by atoms with van der Waals surface area (Å²) in [6, 6.07) is 21.1. The third-order valence-electron chi connectivity index (χ3n) is 5.37. The fourth-order valence-electron chi connectivity index (χ4n) is 3.83. The maximum Gasteiger partial charge on any atom is 0.255 e. The topological polar surface area (TPSA) is 73.2 Å². The minimum atomic E-state index is -0.977. The maximum atomic E-state index is 14.4. The molecule has 3 aromatic rings. The standard InChI is InChI=1S/C25H20FN3O2/c26-21-15-17(16-27)12-13-20(21)24(30)28-23(19-8-2-1-3-9-19)25(31)29-14-6-10-18-7-4-5-11-22(18)29/h1-5,7-9,11-13,15,23H,6,10,14H2,(H,28,30)/t23-/m0/s1. The zero-order valence-corrected chi connectivity index (χ0v) is 16.7. The molecular formula is C25H20FN3O2. The molecule has 6 heteroatoms. The van der Waals surface area contributed by atoms with Crippen LogP contribution in [-0.2, 0) is 11.2 Å². The van der Waals surface area contributed by atoms with Crippen LogP contribution in [0, 0.1) is 17.1 Å². The van der Waals surface area contributed by atoms with Crippen molar-refractivity contribution in [2.24, 2.45) is 0 Å². The summed E-state index contributed by atoms with van der Waals surface area (Å²) in [4.78, 5) is 28.2. The van der Waals surface area contributed by atoms with Gasteiger partial charge in [0.15, 0.2) is 0 Å². The molecule has 2 amide bonds. The van der Waals surface area contributed by atoms with E-state index in [1.807, 2.05) is 36.4 Å². The van der Waals surface area contributed by atoms with Crippen LogP contribution in [-0.4, -0.2) is 18.4 Å². The van der Waals surface area contributed by atoms with Crippen molar-refractivity contribution >= 4 is 17.5 Å². The van der Waals surface area contributed by atoms with E-state index in [0.717, 1.165) is 30.2 Å². The second-order valence-corrected chi connectivity index (χ2v) is 7.35. The lowest BCUT2D eigenvalue weighted by atomic mass is 9.99. The molecular weight excluding hydrogens is 393 g/mol. The van der Waals surface area contributed by atoms with Crippen LogP contribution in [0.4, 0.5) is 10.1 Å². The number of para-hydroxylation sites is 1. The summed E-state index contributed by atoms with van der Waals surface area (Å²) >= 11 is 0. The predicted molar refractivity (Wildman–Crippen MR) is 115 cm³/mol. The van der Waals surface area contributed by atoms with Gasteiger partial charge in [0.1, 0.15) is 11.9 Å². The first-order chi connectivity index (χ1) is 15.1. The molecule has 5 nitrogen and oxygen atoms in total. The monoisotopic (exact) mass is 413 g/mol. The molecule has 1 aliphatic heterocycles. The molecule has 1 N–H and O–H groups in total. The number of aryl methyl sites for hydroxylation is 1. The van der Waals surface area contributed by atoms with Crippen molar-refractivity contribution < 1.29 is 14.0 Å². The molecule has 154 valence electrons. The lowest BCUT2D eigenvalue weighted by molar-refractivity contribution is -0.120. The van der Waals surface area contributed by atoms with Gasteiger partial charge in [-0.15, -0.1) is 0 Å². The summed E-state index contributed by atoms with van der Waals surface area (Å²) in [6.07, 6.45) is 1.71. The largest absolute Gasteiger partial charge is 0.336 e. The average molecular weight is 413 g/mol. The van der Waals surface area contributed by atoms with Crippen LogP contribution in [0.2, 0.25) is 0 Å². The van der Waals surface area contributed by atoms with Crippen molar-refractivity contribution in [1.82, 2.24) is 5.32 Å². The van der Waals surface area contributed by atoms with Gasteiger partial charge in [-0.3, -0.25) is 9.59 Å². The van der Waals surface area contributed by atoms with E-state index in [1.54, 1.807) is 29.2 Å². The van der Waals surface area contributed by atoms with Crippen LogP contribution in [0.15, 0.2) is 72.8 Å². The second-order valence-electron chi connectivity index (χ2n) is 7.35. The van der Waals surface area contributed by atoms with E-state index in [9.17, 15) is 14.0 Å². The van der Waals surface area contributed by atoms with Gasteiger partial charge in [0.25, 0.3) is 11.8 Å². The Balaban J connectivity index is 1.67. The molecule has 0 bridgehead atoms. The van der Waals surface area contributed by atoms with Crippen LogP contribution in [0.25, 0.3) is 0 Å². The van der Waals surface area contributed by atoms with Gasteiger partial charge in [-0.05, 0) is 48.2 Å². The highest BCUT2D eigenvalue weighted by molar-refractivity contribution is 6.03. The molecule has 0 unspecified atom stereocenters. The highest BCUT2D eigenvalue weighted by atomic mass is 19.1. The number of carbonyl (C=O) groups is 2. The van der Waals surface area contributed by atoms with E-state index in [1.165, 1.54) is 12.1 Å². The Morgan fingerprint density at radius 1 is 1.03 bits per heavy atom. The van der Waals surface area contributed by atoms with Gasteiger partial charge < -0.3 is 10.2 Å². The fraction of sp³-hybridized carbons (Fsp3) is 0.160. The van der Waals surface area contributed by atoms with E-state index in [4.69, 9.17) is 5.26 Å². The van der Waals surface area contributed by atoms with Crippen LogP contribution in [0.3, 0.4) is 0 Å². The smallest absolute Gasteiger partial charge is 0.255 e. The zero-order chi connectivity index (χ0) is 21.8. The summed E-state index contributed by atoms with van der Waals surface area (Å²) in [7, 11) is 0. The molecule has 1 heterocycles. The Morgan fingerprint density at radius 3 is 2.52 bits per heavy atom. The summed E-state index contributed by atoms with van der Waals surface area (Å²) in [5.74, 6) is -1.80. The first kappa shape index (κ1) is 20.3. The molecule has 1 atom stereocenters. The van der Waals surface area contributed by atoms with Gasteiger partial charge >= 0.3 is 0 Å². The minimum Gasteiger partial charge on any atom is -0.336 e. The van der Waals surface area contributed by atoms with Gasteiger partial charge in [0.05, 0.1) is 17.2 Å². The Bertz CT molecular complexity index is 1170. The third kappa shape index (κ3) is 4.17. The zero-order valence-electron chi connectivity index (χ0n) is 16.7. The number of carbonyl (C=O) groups excluding carboxylic acids is 2. The number of nitrogens with one attached hydrogen (secondary N) is 1. The molecule has 0 aliphatic carbocycles. The number of fused-ring (bicyclic) bond motifs is 1. The summed E-state index contributed by atoms with van der Waals surface area (Å²) in [6.45, 7) is 0.542. The minimum absolute atomic E-state index is 0.120. The predicted octanol–water partition coefficient (Wildman–Crippen LogP) is 4.15. The quantitative estimate of drug-likeness (QED) is 0.698. The molecule has 4 rings (SSSR count). The average Bonchev–Trinajstić information content (AvgIpc) is 2.82. The van der Waals surface area contributed by atoms with Crippen LogP contribution < -0.4 is 10.2 Å². The number of benzene rings is 3. The molecule has 0 radical (unpaired) electrons. The number of anilines is 1. The molecule has 0 aromatic heterocycles. The van der Waals surface area contributed by atoms with E-state index >= 15 is 0 Å². The molecule has 31 heavy (non-hydrogen) atoms. The number of nitrogens with zero attached hydrogens (tertiary/aromatic N) is 2. The van der Waals surface area contributed by atoms with Gasteiger partial charge in [-0.25, -0.2) is 4.39 Å². The van der Waals surface area contributed by atoms with Gasteiger partial charge in [-0.1, -0.05) is 48.5 Å². The number of hydrogen-bond acceptors (Lipinski definition) is 3. The Morgan fingerprint density at radius 2 is 1.77 bits per heavy atom. The number of amides is 2. The lowest BCUT2D eigenvalue weighted by Gasteiger charge is -2.32. The number of hydrogen-bond donors (Lipinski definition) is 1. The van der Waals surface area contributed by atoms with E-state index in [0.29, 0.717) is 12.1 Å². The first-order valence-corrected chi connectivity index (χ1v) is 10.0. The van der Waals surface area contributed by atoms with Gasteiger partial charge in [0, 0.05) is 12.2 Å². The molecule has 0 spiro atoms. The Hall–Kier alpha value is -3.98. The van der Waals surface area contributed by atoms with Crippen molar-refractivity contribution in [2.45, 2.75) is 18.9 Å². The van der Waals surface area contributed by atoms with Gasteiger partial charge in [-0.2, -0.15) is 5.26 Å². The van der Waals surface area contributed by atoms with Crippen LogP contribution in [0.1, 0.15) is 39.5 Å². The van der Waals surface area contributed by atoms with E-state index in [-0.39, 0.29) is 17.0 Å². The van der Waals surface area contributed by atoms with Gasteiger partial charge in [0.2, 0.25) is 0 Å². The maximum absolute atomic E-state index is 14.4. The molecule has 0 saturated carbocycles. The summed E-state index contributed by atoms with van der Waals surface area (Å²) in [5.41, 5.74) is 2.43. The van der Waals surface area contributed by atoms with E-state index < -0.39 is 17.8 Å². The van der Waals surface area contributed by atoms with Crippen LogP contribution >= 0.6 is 0 Å². The molecule has 3 aromatic carbocycles. The fourth-order valence-corrected chi connectivity index (χ4v) is 3.83. The first-order valence-electron chi connectivity index (χ1n) is 10.0. The highest BCUT2D eigenvalue weighted by Gasteiger charge is 2.31. The van der Waals surface area contributed by atoms with E-state index in [2.05, 4.69) is 5.32 Å². The molecule has 0 fully saturated rings. The number of halogens is 1. The van der Waals surface area contributed by atoms with Crippen LogP contribution in [0.5, 0.6) is 0 Å². The van der Waals surface area contributed by atoms with Crippen molar-refractivity contribution in [3.05, 3.63) is 101 Å². The molecule has 1 aliphatic rings. The second kappa shape index (κ2) is 8.80. The Labute approximate surface area is 179 Å². The van der Waals surface area contributed by atoms with Crippen molar-refractivity contribution in [2.75, 3.05) is 11.4 Å².